The Bertz CT molecular complexity index is 890. The molecule has 1 aliphatic heterocycles. The maximum atomic E-state index is 14.0. The molecule has 1 aliphatic rings. The van der Waals surface area contributed by atoms with Gasteiger partial charge in [-0.25, -0.2) is 17.2 Å². The Morgan fingerprint density at radius 3 is 2.65 bits per heavy atom. The Morgan fingerprint density at radius 2 is 1.92 bits per heavy atom. The van der Waals surface area contributed by atoms with Gasteiger partial charge in [0, 0.05) is 29.7 Å². The quantitative estimate of drug-likeness (QED) is 0.784. The van der Waals surface area contributed by atoms with Crippen molar-refractivity contribution in [1.29, 1.82) is 0 Å². The molecule has 0 spiro atoms. The Morgan fingerprint density at radius 1 is 1.15 bits per heavy atom. The largest absolute Gasteiger partial charge is 0.495 e. The lowest BCUT2D eigenvalue weighted by atomic mass is 10.1. The van der Waals surface area contributed by atoms with Crippen LogP contribution in [0.25, 0.3) is 0 Å². The summed E-state index contributed by atoms with van der Waals surface area (Å²) in [6.07, 6.45) is 0.475. The zero-order valence-electron chi connectivity index (χ0n) is 14.2. The van der Waals surface area contributed by atoms with E-state index in [1.165, 1.54) is 35.3 Å². The molecule has 0 saturated carbocycles. The highest BCUT2D eigenvalue weighted by Crippen LogP contribution is 2.37. The number of halogens is 2. The molecule has 1 heterocycles. The van der Waals surface area contributed by atoms with E-state index < -0.39 is 15.8 Å². The fourth-order valence-corrected chi connectivity index (χ4v) is 5.96. The molecule has 0 bridgehead atoms. The number of benzene rings is 2. The number of methoxy groups -OCH3 is 1. The van der Waals surface area contributed by atoms with Gasteiger partial charge in [-0.3, -0.25) is 0 Å². The van der Waals surface area contributed by atoms with E-state index in [2.05, 4.69) is 0 Å². The number of ether oxygens (including phenoxy) is 1. The van der Waals surface area contributed by atoms with Crippen LogP contribution in [0.1, 0.15) is 17.2 Å². The van der Waals surface area contributed by atoms with Crippen molar-refractivity contribution in [2.75, 3.05) is 26.0 Å². The van der Waals surface area contributed by atoms with E-state index in [-0.39, 0.29) is 34.8 Å². The first kappa shape index (κ1) is 19.1. The van der Waals surface area contributed by atoms with Crippen molar-refractivity contribution in [3.63, 3.8) is 0 Å². The number of rotatable bonds is 4. The minimum Gasteiger partial charge on any atom is -0.495 e. The summed E-state index contributed by atoms with van der Waals surface area (Å²) >= 11 is 1.53. The lowest BCUT2D eigenvalue weighted by Gasteiger charge is -2.21. The minimum atomic E-state index is -3.91. The van der Waals surface area contributed by atoms with Crippen molar-refractivity contribution in [2.45, 2.75) is 16.6 Å². The molecule has 140 valence electrons. The van der Waals surface area contributed by atoms with Crippen LogP contribution in [0.3, 0.4) is 0 Å². The highest BCUT2D eigenvalue weighted by Gasteiger charge is 2.31. The zero-order chi connectivity index (χ0) is 18.7. The third-order valence-corrected chi connectivity index (χ3v) is 7.53. The molecule has 2 aromatic carbocycles. The van der Waals surface area contributed by atoms with Crippen molar-refractivity contribution in [1.82, 2.24) is 4.31 Å². The summed E-state index contributed by atoms with van der Waals surface area (Å²) in [5, 5.41) is -0.120. The molecule has 0 aliphatic carbocycles. The van der Waals surface area contributed by atoms with Crippen LogP contribution in [0.4, 0.5) is 8.78 Å². The molecule has 1 saturated heterocycles. The molecule has 1 fully saturated rings. The Balaban J connectivity index is 1.85. The van der Waals surface area contributed by atoms with E-state index in [1.807, 2.05) is 0 Å². The highest BCUT2D eigenvalue weighted by atomic mass is 32.2. The van der Waals surface area contributed by atoms with Crippen LogP contribution in [0.15, 0.2) is 47.4 Å². The monoisotopic (exact) mass is 399 g/mol. The summed E-state index contributed by atoms with van der Waals surface area (Å²) in [4.78, 5) is -0.186. The first-order chi connectivity index (χ1) is 12.4. The van der Waals surface area contributed by atoms with Gasteiger partial charge >= 0.3 is 0 Å². The fourth-order valence-electron chi connectivity index (χ4n) is 2.97. The second kappa shape index (κ2) is 7.94. The van der Waals surface area contributed by atoms with Gasteiger partial charge in [0.1, 0.15) is 22.3 Å². The molecule has 0 N–H and O–H groups in total. The van der Waals surface area contributed by atoms with Gasteiger partial charge in [0.15, 0.2) is 0 Å². The van der Waals surface area contributed by atoms with Crippen LogP contribution in [0, 0.1) is 11.6 Å². The number of sulfonamides is 1. The normalized spacial score (nSPS) is 19.1. The summed E-state index contributed by atoms with van der Waals surface area (Å²) in [5.41, 5.74) is 0.583. The zero-order valence-corrected chi connectivity index (χ0v) is 15.8. The lowest BCUT2D eigenvalue weighted by molar-refractivity contribution is 0.391. The van der Waals surface area contributed by atoms with Crippen LogP contribution in [-0.4, -0.2) is 38.7 Å². The van der Waals surface area contributed by atoms with Crippen LogP contribution in [0.5, 0.6) is 5.75 Å². The summed E-state index contributed by atoms with van der Waals surface area (Å²) in [5.74, 6) is -0.296. The maximum Gasteiger partial charge on any atom is 0.246 e. The summed E-state index contributed by atoms with van der Waals surface area (Å²) < 4.78 is 60.0. The molecule has 26 heavy (non-hydrogen) atoms. The molecule has 3 rings (SSSR count). The molecule has 2 aromatic rings. The topological polar surface area (TPSA) is 46.6 Å². The van der Waals surface area contributed by atoms with Crippen molar-refractivity contribution >= 4 is 21.8 Å². The Kier molecular flexibility index (Phi) is 5.84. The molecule has 0 aromatic heterocycles. The summed E-state index contributed by atoms with van der Waals surface area (Å²) in [7, 11) is -2.56. The molecule has 1 atom stereocenters. The van der Waals surface area contributed by atoms with Gasteiger partial charge in [-0.15, -0.1) is 0 Å². The first-order valence-electron chi connectivity index (χ1n) is 8.13. The van der Waals surface area contributed by atoms with Crippen LogP contribution >= 0.6 is 11.8 Å². The average molecular weight is 399 g/mol. The molecule has 8 heteroatoms. The van der Waals surface area contributed by atoms with Crippen molar-refractivity contribution < 1.29 is 21.9 Å². The van der Waals surface area contributed by atoms with Crippen LogP contribution < -0.4 is 4.74 Å². The van der Waals surface area contributed by atoms with Gasteiger partial charge in [-0.2, -0.15) is 16.1 Å². The fraction of sp³-hybridized carbons (Fsp3) is 0.333. The summed E-state index contributed by atoms with van der Waals surface area (Å²) in [6, 6.07) is 9.98. The Labute approximate surface area is 156 Å². The van der Waals surface area contributed by atoms with E-state index in [0.717, 1.165) is 12.1 Å². The third kappa shape index (κ3) is 3.87. The van der Waals surface area contributed by atoms with Crippen molar-refractivity contribution in [3.05, 3.63) is 59.7 Å². The van der Waals surface area contributed by atoms with Gasteiger partial charge in [-0.1, -0.05) is 18.2 Å². The molecule has 4 nitrogen and oxygen atoms in total. The molecular formula is C18H19F2NO3S2. The van der Waals surface area contributed by atoms with Gasteiger partial charge in [-0.05, 0) is 30.7 Å². The lowest BCUT2D eigenvalue weighted by Crippen LogP contribution is -2.33. The molecule has 1 unspecified atom stereocenters. The smallest absolute Gasteiger partial charge is 0.246 e. The third-order valence-electron chi connectivity index (χ3n) is 4.30. The molecular weight excluding hydrogens is 380 g/mol. The van der Waals surface area contributed by atoms with Crippen LogP contribution in [-0.2, 0) is 10.0 Å². The standard InChI is InChI=1S/C18H19F2NO3S2/c1-24-16-7-6-13(19)12-18(16)26(22,23)21-9-8-17(25-11-10-21)14-4-2-3-5-15(14)20/h2-7,12,17H,8-11H2,1H3. The predicted molar refractivity (Wildman–Crippen MR) is 97.9 cm³/mol. The van der Waals surface area contributed by atoms with E-state index in [4.69, 9.17) is 4.74 Å². The molecule has 0 amide bonds. The van der Waals surface area contributed by atoms with E-state index in [1.54, 1.807) is 18.2 Å². The summed E-state index contributed by atoms with van der Waals surface area (Å²) in [6.45, 7) is 0.506. The van der Waals surface area contributed by atoms with Gasteiger partial charge in [0.2, 0.25) is 10.0 Å². The van der Waals surface area contributed by atoms with E-state index in [0.29, 0.717) is 17.7 Å². The second-order valence-electron chi connectivity index (χ2n) is 5.87. The Hall–Kier alpha value is -1.64. The van der Waals surface area contributed by atoms with Crippen molar-refractivity contribution in [2.24, 2.45) is 0 Å². The van der Waals surface area contributed by atoms with E-state index in [9.17, 15) is 17.2 Å². The number of hydrogen-bond acceptors (Lipinski definition) is 4. The van der Waals surface area contributed by atoms with Gasteiger partial charge < -0.3 is 4.74 Å². The van der Waals surface area contributed by atoms with Crippen molar-refractivity contribution in [3.8, 4) is 5.75 Å². The number of hydrogen-bond donors (Lipinski definition) is 0. The maximum absolute atomic E-state index is 14.0. The first-order valence-corrected chi connectivity index (χ1v) is 10.6. The number of nitrogens with zero attached hydrogens (tertiary/aromatic N) is 1. The second-order valence-corrected chi connectivity index (χ2v) is 9.09. The number of thioether (sulfide) groups is 1. The minimum absolute atomic E-state index is 0.106. The van der Waals surface area contributed by atoms with Gasteiger partial charge in [0.25, 0.3) is 0 Å². The predicted octanol–water partition coefficient (Wildman–Crippen LogP) is 3.84. The highest BCUT2D eigenvalue weighted by molar-refractivity contribution is 7.99. The van der Waals surface area contributed by atoms with Crippen LogP contribution in [0.2, 0.25) is 0 Å². The average Bonchev–Trinajstić information content (AvgIpc) is 2.88. The molecule has 0 radical (unpaired) electrons. The SMILES string of the molecule is COc1ccc(F)cc1S(=O)(=O)N1CCSC(c2ccccc2F)CC1. The van der Waals surface area contributed by atoms with Gasteiger partial charge in [0.05, 0.1) is 7.11 Å². The van der Waals surface area contributed by atoms with E-state index >= 15 is 0 Å².